The maximum atomic E-state index is 11.7. The Morgan fingerprint density at radius 1 is 1.45 bits per heavy atom. The number of amides is 1. The normalized spacial score (nSPS) is 11.5. The first-order valence-electron chi connectivity index (χ1n) is 6.77. The fourth-order valence-electron chi connectivity index (χ4n) is 1.81. The van der Waals surface area contributed by atoms with E-state index in [1.807, 2.05) is 12.3 Å². The van der Waals surface area contributed by atoms with Gasteiger partial charge in [-0.1, -0.05) is 12.1 Å². The van der Waals surface area contributed by atoms with E-state index in [4.69, 9.17) is 10.4 Å². The van der Waals surface area contributed by atoms with Gasteiger partial charge in [-0.25, -0.2) is 4.79 Å². The molecule has 0 fully saturated rings. The Morgan fingerprint density at radius 3 is 2.86 bits per heavy atom. The third-order valence-corrected chi connectivity index (χ3v) is 3.56. The zero-order valence-corrected chi connectivity index (χ0v) is 13.2. The van der Waals surface area contributed by atoms with Crippen LogP contribution in [0.1, 0.15) is 17.5 Å². The Kier molecular flexibility index (Phi) is 8.04. The molecule has 3 N–H and O–H groups in total. The molecular weight excluding hydrogens is 302 g/mol. The third-order valence-electron chi connectivity index (χ3n) is 2.91. The molecule has 1 aromatic rings. The number of hydrogen-bond donors (Lipinski definition) is 3. The van der Waals surface area contributed by atoms with Crippen LogP contribution in [0.4, 0.5) is 0 Å². The van der Waals surface area contributed by atoms with Crippen molar-refractivity contribution in [1.82, 2.24) is 10.6 Å². The number of nitriles is 1. The first kappa shape index (κ1) is 18.0. The molecule has 7 heteroatoms. The summed E-state index contributed by atoms with van der Waals surface area (Å²) in [5.41, 5.74) is 1.45. The number of carbonyl (C=O) groups is 2. The molecule has 0 radical (unpaired) electrons. The Balaban J connectivity index is 2.38. The van der Waals surface area contributed by atoms with E-state index in [1.54, 1.807) is 18.2 Å². The van der Waals surface area contributed by atoms with Crippen molar-refractivity contribution in [3.05, 3.63) is 35.4 Å². The molecule has 22 heavy (non-hydrogen) atoms. The molecule has 118 valence electrons. The number of carboxylic acid groups (broad SMARTS) is 1. The van der Waals surface area contributed by atoms with Crippen molar-refractivity contribution in [2.24, 2.45) is 0 Å². The second-order valence-electron chi connectivity index (χ2n) is 4.66. The highest BCUT2D eigenvalue weighted by Crippen LogP contribution is 2.03. The molecule has 0 aromatic heterocycles. The highest BCUT2D eigenvalue weighted by molar-refractivity contribution is 7.98. The molecule has 6 nitrogen and oxygen atoms in total. The van der Waals surface area contributed by atoms with E-state index >= 15 is 0 Å². The maximum Gasteiger partial charge on any atom is 0.326 e. The summed E-state index contributed by atoms with van der Waals surface area (Å²) in [6.45, 7) is 0.464. The lowest BCUT2D eigenvalue weighted by Gasteiger charge is -2.14. The predicted molar refractivity (Wildman–Crippen MR) is 85.4 cm³/mol. The van der Waals surface area contributed by atoms with E-state index in [0.29, 0.717) is 24.3 Å². The summed E-state index contributed by atoms with van der Waals surface area (Å²) in [5.74, 6) is -0.708. The number of carboxylic acids is 1. The van der Waals surface area contributed by atoms with Crippen molar-refractivity contribution in [2.75, 3.05) is 18.6 Å². The molecule has 1 rings (SSSR count). The molecule has 0 aliphatic heterocycles. The zero-order chi connectivity index (χ0) is 16.4. The fraction of sp³-hybridized carbons (Fsp3) is 0.400. The van der Waals surface area contributed by atoms with Gasteiger partial charge in [-0.3, -0.25) is 4.79 Å². The smallest absolute Gasteiger partial charge is 0.326 e. The standard InChI is InChI=1S/C15H19N3O3S/c1-22-6-5-13(15(20)21)18-14(19)10-17-9-12-4-2-3-11(7-12)8-16/h2-4,7,13,17H,5-6,9-10H2,1H3,(H,18,19)(H,20,21)/t13-/m0/s1. The van der Waals surface area contributed by atoms with Crippen LogP contribution in [0.3, 0.4) is 0 Å². The SMILES string of the molecule is CSCC[C@H](NC(=O)CNCc1cccc(C#N)c1)C(=O)O. The number of rotatable bonds is 9. The van der Waals surface area contributed by atoms with Gasteiger partial charge in [0.15, 0.2) is 0 Å². The molecule has 0 aliphatic rings. The maximum absolute atomic E-state index is 11.7. The van der Waals surface area contributed by atoms with E-state index in [0.717, 1.165) is 5.56 Å². The summed E-state index contributed by atoms with van der Waals surface area (Å²) < 4.78 is 0. The average Bonchev–Trinajstić information content (AvgIpc) is 2.51. The lowest BCUT2D eigenvalue weighted by Crippen LogP contribution is -2.44. The molecule has 0 spiro atoms. The van der Waals surface area contributed by atoms with Crippen LogP contribution in [0.25, 0.3) is 0 Å². The molecule has 1 aromatic carbocycles. The fourth-order valence-corrected chi connectivity index (χ4v) is 2.28. The van der Waals surface area contributed by atoms with Gasteiger partial charge >= 0.3 is 5.97 Å². The van der Waals surface area contributed by atoms with Crippen LogP contribution in [-0.2, 0) is 16.1 Å². The van der Waals surface area contributed by atoms with Gasteiger partial charge in [-0.15, -0.1) is 0 Å². The number of benzene rings is 1. The van der Waals surface area contributed by atoms with Gasteiger partial charge in [-0.2, -0.15) is 17.0 Å². The molecule has 0 unspecified atom stereocenters. The topological polar surface area (TPSA) is 102 Å². The predicted octanol–water partition coefficient (Wildman–Crippen LogP) is 0.970. The van der Waals surface area contributed by atoms with Crippen molar-refractivity contribution in [1.29, 1.82) is 5.26 Å². The Morgan fingerprint density at radius 2 is 2.23 bits per heavy atom. The minimum atomic E-state index is -1.02. The molecule has 0 saturated heterocycles. The quantitative estimate of drug-likeness (QED) is 0.626. The van der Waals surface area contributed by atoms with Gasteiger partial charge in [-0.05, 0) is 36.1 Å². The van der Waals surface area contributed by atoms with Crippen LogP contribution in [0.5, 0.6) is 0 Å². The van der Waals surface area contributed by atoms with Crippen LogP contribution < -0.4 is 10.6 Å². The molecule has 1 amide bonds. The van der Waals surface area contributed by atoms with Crippen molar-refractivity contribution in [2.45, 2.75) is 19.0 Å². The van der Waals surface area contributed by atoms with E-state index < -0.39 is 12.0 Å². The van der Waals surface area contributed by atoms with Crippen LogP contribution in [0, 0.1) is 11.3 Å². The van der Waals surface area contributed by atoms with E-state index in [2.05, 4.69) is 16.7 Å². The lowest BCUT2D eigenvalue weighted by atomic mass is 10.1. The minimum absolute atomic E-state index is 0.0276. The van der Waals surface area contributed by atoms with Crippen molar-refractivity contribution in [3.8, 4) is 6.07 Å². The highest BCUT2D eigenvalue weighted by Gasteiger charge is 2.18. The van der Waals surface area contributed by atoms with Gasteiger partial charge in [0.05, 0.1) is 18.2 Å². The summed E-state index contributed by atoms with van der Waals surface area (Å²) in [5, 5.41) is 23.3. The van der Waals surface area contributed by atoms with Gasteiger partial charge in [0.25, 0.3) is 0 Å². The lowest BCUT2D eigenvalue weighted by molar-refractivity contribution is -0.141. The molecule has 0 aliphatic carbocycles. The molecule has 0 saturated carbocycles. The summed E-state index contributed by atoms with van der Waals surface area (Å²) in [4.78, 5) is 22.8. The first-order chi connectivity index (χ1) is 10.6. The summed E-state index contributed by atoms with van der Waals surface area (Å²) >= 11 is 1.54. The van der Waals surface area contributed by atoms with Gasteiger partial charge in [0.2, 0.25) is 5.91 Å². The monoisotopic (exact) mass is 321 g/mol. The van der Waals surface area contributed by atoms with Gasteiger partial charge in [0, 0.05) is 6.54 Å². The summed E-state index contributed by atoms with van der Waals surface area (Å²) in [6.07, 6.45) is 2.28. The zero-order valence-electron chi connectivity index (χ0n) is 12.3. The van der Waals surface area contributed by atoms with Gasteiger partial charge in [0.1, 0.15) is 6.04 Å². The van der Waals surface area contributed by atoms with Crippen LogP contribution in [0.15, 0.2) is 24.3 Å². The van der Waals surface area contributed by atoms with E-state index in [1.165, 1.54) is 11.8 Å². The number of carbonyl (C=O) groups excluding carboxylic acids is 1. The molecular formula is C15H19N3O3S. The van der Waals surface area contributed by atoms with Crippen molar-refractivity contribution < 1.29 is 14.7 Å². The first-order valence-corrected chi connectivity index (χ1v) is 8.17. The molecule has 0 heterocycles. The van der Waals surface area contributed by atoms with Crippen LogP contribution in [-0.4, -0.2) is 41.6 Å². The number of thioether (sulfide) groups is 1. The number of nitrogens with zero attached hydrogens (tertiary/aromatic N) is 1. The Hall–Kier alpha value is -2.04. The number of nitrogens with one attached hydrogen (secondary N) is 2. The van der Waals surface area contributed by atoms with Gasteiger partial charge < -0.3 is 15.7 Å². The number of hydrogen-bond acceptors (Lipinski definition) is 5. The molecule has 0 bridgehead atoms. The second-order valence-corrected chi connectivity index (χ2v) is 5.64. The number of aliphatic carboxylic acids is 1. The minimum Gasteiger partial charge on any atom is -0.480 e. The average molecular weight is 321 g/mol. The second kappa shape index (κ2) is 9.82. The Labute approximate surface area is 133 Å². The van der Waals surface area contributed by atoms with E-state index in [9.17, 15) is 9.59 Å². The third kappa shape index (κ3) is 6.61. The van der Waals surface area contributed by atoms with Crippen molar-refractivity contribution >= 4 is 23.6 Å². The van der Waals surface area contributed by atoms with Crippen molar-refractivity contribution in [3.63, 3.8) is 0 Å². The largest absolute Gasteiger partial charge is 0.480 e. The van der Waals surface area contributed by atoms with E-state index in [-0.39, 0.29) is 12.5 Å². The summed E-state index contributed by atoms with van der Waals surface area (Å²) in [7, 11) is 0. The van der Waals surface area contributed by atoms with Crippen LogP contribution in [0.2, 0.25) is 0 Å². The van der Waals surface area contributed by atoms with Crippen LogP contribution >= 0.6 is 11.8 Å². The Bertz CT molecular complexity index is 557. The highest BCUT2D eigenvalue weighted by atomic mass is 32.2. The molecule has 1 atom stereocenters. The summed E-state index contributed by atoms with van der Waals surface area (Å²) in [6, 6.07) is 8.27.